The van der Waals surface area contributed by atoms with Crippen LogP contribution in [0, 0.1) is 12.7 Å². The number of aryl methyl sites for hydroxylation is 1. The maximum Gasteiger partial charge on any atom is 0.271 e. The van der Waals surface area contributed by atoms with Crippen molar-refractivity contribution in [2.75, 3.05) is 23.3 Å². The fraction of sp³-hybridized carbons (Fsp3) is 0.261. The lowest BCUT2D eigenvalue weighted by Crippen LogP contribution is -2.27. The predicted molar refractivity (Wildman–Crippen MR) is 125 cm³/mol. The molecule has 31 heavy (non-hydrogen) atoms. The normalized spacial score (nSPS) is 11.2. The van der Waals surface area contributed by atoms with Crippen LogP contribution in [-0.2, 0) is 11.3 Å². The average molecular weight is 439 g/mol. The molecule has 0 bridgehead atoms. The average Bonchev–Trinajstić information content (AvgIpc) is 3.14. The molecule has 0 saturated carbocycles. The Bertz CT molecular complexity index is 1340. The first-order valence-electron chi connectivity index (χ1n) is 10.1. The molecule has 4 aromatic rings. The molecule has 0 saturated heterocycles. The van der Waals surface area contributed by atoms with Crippen molar-refractivity contribution >= 4 is 48.9 Å². The van der Waals surface area contributed by atoms with E-state index in [0.29, 0.717) is 26.0 Å². The highest BCUT2D eigenvalue weighted by Gasteiger charge is 2.16. The zero-order valence-electron chi connectivity index (χ0n) is 17.6. The second-order valence-corrected chi connectivity index (χ2v) is 8.34. The number of amides is 1. The van der Waals surface area contributed by atoms with Crippen molar-refractivity contribution < 1.29 is 9.18 Å². The number of aromatic nitrogens is 2. The van der Waals surface area contributed by atoms with Gasteiger partial charge < -0.3 is 10.2 Å². The van der Waals surface area contributed by atoms with Gasteiger partial charge in [0.05, 0.1) is 17.2 Å². The molecule has 0 fully saturated rings. The molecule has 0 aliphatic rings. The van der Waals surface area contributed by atoms with Crippen molar-refractivity contribution in [2.24, 2.45) is 0 Å². The number of carbonyl (C=O) groups excluding carboxylic acids is 1. The Hall–Kier alpha value is -3.26. The number of halogens is 1. The fourth-order valence-electron chi connectivity index (χ4n) is 3.70. The second kappa shape index (κ2) is 8.47. The van der Waals surface area contributed by atoms with Crippen LogP contribution in [0.15, 0.2) is 47.5 Å². The standard InChI is InChI=1S/C23H23FN4O2S/c1-4-27(5-2)15-9-10-17(14(3)11-15)26-19(29)12-28-13-25-21-20-16(24)7-6-8-18(20)31-22(21)23(28)30/h6-11,13H,4-5,12H2,1-3H3,(H,26,29). The number of benzene rings is 2. The van der Waals surface area contributed by atoms with Crippen LogP contribution in [-0.4, -0.2) is 28.5 Å². The minimum atomic E-state index is -0.408. The van der Waals surface area contributed by atoms with Gasteiger partial charge in [-0.3, -0.25) is 14.2 Å². The van der Waals surface area contributed by atoms with Crippen LogP contribution in [0.4, 0.5) is 15.8 Å². The summed E-state index contributed by atoms with van der Waals surface area (Å²) in [7, 11) is 0. The summed E-state index contributed by atoms with van der Waals surface area (Å²) < 4.78 is 16.4. The van der Waals surface area contributed by atoms with Crippen molar-refractivity contribution in [1.29, 1.82) is 0 Å². The monoisotopic (exact) mass is 438 g/mol. The SMILES string of the molecule is CCN(CC)c1ccc(NC(=O)Cn2cnc3c(sc4cccc(F)c43)c2=O)c(C)c1. The minimum Gasteiger partial charge on any atom is -0.372 e. The molecule has 0 aliphatic carbocycles. The molecule has 6 nitrogen and oxygen atoms in total. The molecular weight excluding hydrogens is 415 g/mol. The molecule has 160 valence electrons. The molecule has 0 spiro atoms. The molecule has 4 rings (SSSR count). The van der Waals surface area contributed by atoms with E-state index in [2.05, 4.69) is 29.0 Å². The van der Waals surface area contributed by atoms with E-state index in [0.717, 1.165) is 24.3 Å². The minimum absolute atomic E-state index is 0.171. The van der Waals surface area contributed by atoms with E-state index in [1.54, 1.807) is 12.1 Å². The zero-order chi connectivity index (χ0) is 22.1. The van der Waals surface area contributed by atoms with E-state index in [-0.39, 0.29) is 18.0 Å². The van der Waals surface area contributed by atoms with Gasteiger partial charge in [-0.05, 0) is 56.7 Å². The van der Waals surface area contributed by atoms with Crippen LogP contribution in [0.2, 0.25) is 0 Å². The van der Waals surface area contributed by atoms with Crippen molar-refractivity contribution in [3.05, 3.63) is 64.5 Å². The van der Waals surface area contributed by atoms with Gasteiger partial charge in [-0.2, -0.15) is 0 Å². The molecule has 1 N–H and O–H groups in total. The third-order valence-corrected chi connectivity index (χ3v) is 6.48. The number of hydrogen-bond acceptors (Lipinski definition) is 5. The van der Waals surface area contributed by atoms with Crippen molar-refractivity contribution in [3.63, 3.8) is 0 Å². The third-order valence-electron chi connectivity index (χ3n) is 5.35. The quantitative estimate of drug-likeness (QED) is 0.480. The highest BCUT2D eigenvalue weighted by molar-refractivity contribution is 7.25. The van der Waals surface area contributed by atoms with Crippen molar-refractivity contribution in [3.8, 4) is 0 Å². The van der Waals surface area contributed by atoms with Crippen LogP contribution in [0.1, 0.15) is 19.4 Å². The van der Waals surface area contributed by atoms with Crippen LogP contribution in [0.3, 0.4) is 0 Å². The number of nitrogens with one attached hydrogen (secondary N) is 1. The van der Waals surface area contributed by atoms with Gasteiger partial charge in [0.25, 0.3) is 5.56 Å². The van der Waals surface area contributed by atoms with Gasteiger partial charge in [-0.25, -0.2) is 9.37 Å². The number of fused-ring (bicyclic) bond motifs is 3. The summed E-state index contributed by atoms with van der Waals surface area (Å²) in [6.07, 6.45) is 1.30. The second-order valence-electron chi connectivity index (χ2n) is 7.29. The maximum absolute atomic E-state index is 14.2. The molecule has 2 aromatic heterocycles. The predicted octanol–water partition coefficient (Wildman–Crippen LogP) is 4.54. The van der Waals surface area contributed by atoms with Gasteiger partial charge in [0.2, 0.25) is 5.91 Å². The molecule has 2 heterocycles. The lowest BCUT2D eigenvalue weighted by atomic mass is 10.1. The molecule has 0 aliphatic heterocycles. The smallest absolute Gasteiger partial charge is 0.271 e. The van der Waals surface area contributed by atoms with Gasteiger partial charge >= 0.3 is 0 Å². The Labute approximate surface area is 182 Å². The van der Waals surface area contributed by atoms with Crippen LogP contribution in [0.5, 0.6) is 0 Å². The Morgan fingerprint density at radius 3 is 2.71 bits per heavy atom. The molecule has 0 radical (unpaired) electrons. The van der Waals surface area contributed by atoms with Crippen molar-refractivity contribution in [1.82, 2.24) is 9.55 Å². The number of rotatable bonds is 6. The highest BCUT2D eigenvalue weighted by Crippen LogP contribution is 2.32. The summed E-state index contributed by atoms with van der Waals surface area (Å²) in [5.74, 6) is -0.732. The van der Waals surface area contributed by atoms with E-state index in [1.165, 1.54) is 28.3 Å². The van der Waals surface area contributed by atoms with Gasteiger partial charge in [0.15, 0.2) is 0 Å². The van der Waals surface area contributed by atoms with Crippen LogP contribution in [0.25, 0.3) is 20.3 Å². The number of carbonyl (C=O) groups is 1. The number of thiophene rings is 1. The first-order chi connectivity index (χ1) is 14.9. The first-order valence-corrected chi connectivity index (χ1v) is 11.0. The molecule has 8 heteroatoms. The van der Waals surface area contributed by atoms with Crippen molar-refractivity contribution in [2.45, 2.75) is 27.3 Å². The molecular formula is C23H23FN4O2S. The van der Waals surface area contributed by atoms with Gasteiger partial charge in [0, 0.05) is 29.2 Å². The summed E-state index contributed by atoms with van der Waals surface area (Å²) in [6, 6.07) is 10.6. The summed E-state index contributed by atoms with van der Waals surface area (Å²) in [6.45, 7) is 7.78. The summed E-state index contributed by atoms with van der Waals surface area (Å²) >= 11 is 1.19. The Morgan fingerprint density at radius 2 is 2.00 bits per heavy atom. The lowest BCUT2D eigenvalue weighted by Gasteiger charge is -2.22. The highest BCUT2D eigenvalue weighted by atomic mass is 32.1. The summed E-state index contributed by atoms with van der Waals surface area (Å²) in [5.41, 5.74) is 2.73. The molecule has 1 amide bonds. The topological polar surface area (TPSA) is 67.2 Å². The fourth-order valence-corrected chi connectivity index (χ4v) is 4.82. The lowest BCUT2D eigenvalue weighted by molar-refractivity contribution is -0.116. The Balaban J connectivity index is 1.58. The third kappa shape index (κ3) is 3.90. The van der Waals surface area contributed by atoms with E-state index in [4.69, 9.17) is 0 Å². The number of nitrogens with zero attached hydrogens (tertiary/aromatic N) is 3. The van der Waals surface area contributed by atoms with Gasteiger partial charge in [-0.1, -0.05) is 6.07 Å². The maximum atomic E-state index is 14.2. The van der Waals surface area contributed by atoms with E-state index in [9.17, 15) is 14.0 Å². The molecule has 0 unspecified atom stereocenters. The Morgan fingerprint density at radius 1 is 1.23 bits per heavy atom. The molecule has 2 aromatic carbocycles. The van der Waals surface area contributed by atoms with Crippen LogP contribution < -0.4 is 15.8 Å². The van der Waals surface area contributed by atoms with E-state index < -0.39 is 5.82 Å². The Kier molecular flexibility index (Phi) is 5.73. The van der Waals surface area contributed by atoms with E-state index in [1.807, 2.05) is 25.1 Å². The molecule has 0 atom stereocenters. The van der Waals surface area contributed by atoms with Crippen LogP contribution >= 0.6 is 11.3 Å². The number of hydrogen-bond donors (Lipinski definition) is 1. The first kappa shape index (κ1) is 21.0. The summed E-state index contributed by atoms with van der Waals surface area (Å²) in [4.78, 5) is 32.0. The zero-order valence-corrected chi connectivity index (χ0v) is 18.4. The largest absolute Gasteiger partial charge is 0.372 e. The van der Waals surface area contributed by atoms with Gasteiger partial charge in [0.1, 0.15) is 17.1 Å². The number of anilines is 2. The van der Waals surface area contributed by atoms with Gasteiger partial charge in [-0.15, -0.1) is 11.3 Å². The summed E-state index contributed by atoms with van der Waals surface area (Å²) in [5, 5.41) is 3.22. The van der Waals surface area contributed by atoms with E-state index >= 15 is 0 Å².